The van der Waals surface area contributed by atoms with Gasteiger partial charge in [0.1, 0.15) is 5.69 Å². The number of likely N-dealkylation sites (N-methyl/N-ethyl adjacent to an activating group) is 1. The van der Waals surface area contributed by atoms with Gasteiger partial charge in [-0.15, -0.1) is 0 Å². The van der Waals surface area contributed by atoms with Crippen LogP contribution in [0.2, 0.25) is 0 Å². The van der Waals surface area contributed by atoms with Crippen LogP contribution in [0.15, 0.2) is 42.6 Å². The number of aliphatic hydroxyl groups is 1. The van der Waals surface area contributed by atoms with Gasteiger partial charge < -0.3 is 10.0 Å². The molecular weight excluding hydrogens is 326 g/mol. The van der Waals surface area contributed by atoms with Gasteiger partial charge in [-0.25, -0.2) is 0 Å². The first-order valence-corrected chi connectivity index (χ1v) is 7.66. The van der Waals surface area contributed by atoms with E-state index in [0.29, 0.717) is 5.69 Å². The second-order valence-corrected chi connectivity index (χ2v) is 5.68. The number of non-ortho nitro benzene ring substituents is 1. The van der Waals surface area contributed by atoms with Crippen LogP contribution in [0.5, 0.6) is 0 Å². The number of fused-ring (bicyclic) bond motifs is 1. The molecule has 0 saturated carbocycles. The summed E-state index contributed by atoms with van der Waals surface area (Å²) >= 11 is 0. The highest BCUT2D eigenvalue weighted by atomic mass is 16.6. The minimum Gasteiger partial charge on any atom is -0.375 e. The number of amides is 1. The molecule has 128 valence electrons. The number of nitro groups is 1. The number of ketones is 1. The fourth-order valence-corrected chi connectivity index (χ4v) is 2.99. The molecule has 2 aromatic rings. The van der Waals surface area contributed by atoms with Crippen LogP contribution in [0, 0.1) is 10.1 Å². The Labute approximate surface area is 142 Å². The Bertz CT molecular complexity index is 868. The summed E-state index contributed by atoms with van der Waals surface area (Å²) in [5, 5.41) is 22.0. The molecule has 0 fully saturated rings. The summed E-state index contributed by atoms with van der Waals surface area (Å²) < 4.78 is 0. The zero-order chi connectivity index (χ0) is 18.2. The molecule has 1 aromatic carbocycles. The first kappa shape index (κ1) is 16.7. The predicted molar refractivity (Wildman–Crippen MR) is 88.2 cm³/mol. The number of benzene rings is 1. The smallest absolute Gasteiger partial charge is 0.269 e. The summed E-state index contributed by atoms with van der Waals surface area (Å²) in [6.45, 7) is 1.99. The Morgan fingerprint density at radius 2 is 2.12 bits per heavy atom. The van der Waals surface area contributed by atoms with Crippen molar-refractivity contribution in [2.45, 2.75) is 18.9 Å². The van der Waals surface area contributed by atoms with Gasteiger partial charge in [-0.2, -0.15) is 0 Å². The third-order valence-corrected chi connectivity index (χ3v) is 4.21. The van der Waals surface area contributed by atoms with Crippen LogP contribution < -0.4 is 4.90 Å². The molecule has 1 aromatic heterocycles. The third-order valence-electron chi connectivity index (χ3n) is 4.21. The minimum atomic E-state index is -2.15. The molecule has 0 aliphatic carbocycles. The van der Waals surface area contributed by atoms with Crippen LogP contribution in [0.25, 0.3) is 0 Å². The van der Waals surface area contributed by atoms with Crippen molar-refractivity contribution in [1.82, 2.24) is 4.98 Å². The number of carbonyl (C=O) groups is 2. The van der Waals surface area contributed by atoms with E-state index in [1.54, 1.807) is 19.1 Å². The van der Waals surface area contributed by atoms with E-state index >= 15 is 0 Å². The summed E-state index contributed by atoms with van der Waals surface area (Å²) in [4.78, 5) is 40.8. The second kappa shape index (κ2) is 6.06. The van der Waals surface area contributed by atoms with E-state index in [1.807, 2.05) is 0 Å². The van der Waals surface area contributed by atoms with E-state index in [2.05, 4.69) is 4.98 Å². The van der Waals surface area contributed by atoms with Crippen molar-refractivity contribution >= 4 is 23.1 Å². The first-order chi connectivity index (χ1) is 11.9. The average molecular weight is 341 g/mol. The molecule has 0 unspecified atom stereocenters. The Balaban J connectivity index is 2.06. The Hall–Kier alpha value is -3.13. The second-order valence-electron chi connectivity index (χ2n) is 5.68. The van der Waals surface area contributed by atoms with Crippen LogP contribution in [-0.4, -0.2) is 33.2 Å². The molecule has 2 heterocycles. The van der Waals surface area contributed by atoms with E-state index in [1.165, 1.54) is 29.3 Å². The number of carbonyl (C=O) groups excluding carboxylic acids is 2. The van der Waals surface area contributed by atoms with Crippen LogP contribution in [0.1, 0.15) is 29.4 Å². The number of rotatable bonds is 5. The molecule has 1 aliphatic rings. The normalized spacial score (nSPS) is 19.0. The van der Waals surface area contributed by atoms with E-state index in [4.69, 9.17) is 0 Å². The molecule has 0 bridgehead atoms. The summed E-state index contributed by atoms with van der Waals surface area (Å²) in [5.74, 6) is -1.19. The highest BCUT2D eigenvalue weighted by Gasteiger charge is 2.51. The maximum atomic E-state index is 12.7. The van der Waals surface area contributed by atoms with Crippen molar-refractivity contribution in [3.63, 3.8) is 0 Å². The zero-order valence-electron chi connectivity index (χ0n) is 13.4. The molecule has 1 amide bonds. The van der Waals surface area contributed by atoms with Gasteiger partial charge in [-0.05, 0) is 25.1 Å². The lowest BCUT2D eigenvalue weighted by molar-refractivity contribution is -0.385. The highest BCUT2D eigenvalue weighted by Crippen LogP contribution is 2.44. The Morgan fingerprint density at radius 1 is 1.36 bits per heavy atom. The lowest BCUT2D eigenvalue weighted by Gasteiger charge is -2.21. The van der Waals surface area contributed by atoms with E-state index < -0.39 is 28.6 Å². The first-order valence-electron chi connectivity index (χ1n) is 7.66. The van der Waals surface area contributed by atoms with Gasteiger partial charge in [0.15, 0.2) is 11.4 Å². The molecule has 8 nitrogen and oxygen atoms in total. The largest absolute Gasteiger partial charge is 0.375 e. The van der Waals surface area contributed by atoms with Crippen LogP contribution in [0.4, 0.5) is 11.4 Å². The number of anilines is 1. The summed E-state index contributed by atoms with van der Waals surface area (Å²) in [7, 11) is 0. The van der Waals surface area contributed by atoms with Crippen molar-refractivity contribution in [1.29, 1.82) is 0 Å². The maximum Gasteiger partial charge on any atom is 0.269 e. The van der Waals surface area contributed by atoms with Crippen LogP contribution in [-0.2, 0) is 10.4 Å². The quantitative estimate of drug-likeness (QED) is 0.504. The number of aromatic nitrogens is 1. The fraction of sp³-hybridized carbons (Fsp3) is 0.235. The van der Waals surface area contributed by atoms with Crippen LogP contribution in [0.3, 0.4) is 0 Å². The lowest BCUT2D eigenvalue weighted by atomic mass is 9.89. The number of hydrogen-bond donors (Lipinski definition) is 1. The Morgan fingerprint density at radius 3 is 2.72 bits per heavy atom. The molecule has 1 aliphatic heterocycles. The summed E-state index contributed by atoms with van der Waals surface area (Å²) in [5.41, 5.74) is -1.85. The van der Waals surface area contributed by atoms with Crippen molar-refractivity contribution in [2.75, 3.05) is 11.4 Å². The number of Topliss-reactive ketones (excluding diaryl/α,β-unsaturated/α-hetero) is 1. The van der Waals surface area contributed by atoms with Gasteiger partial charge in [-0.1, -0.05) is 6.07 Å². The van der Waals surface area contributed by atoms with Gasteiger partial charge >= 0.3 is 0 Å². The Kier molecular flexibility index (Phi) is 4.05. The molecular formula is C17H15N3O5. The summed E-state index contributed by atoms with van der Waals surface area (Å²) in [6, 6.07) is 8.58. The lowest BCUT2D eigenvalue weighted by Crippen LogP contribution is -2.41. The molecule has 3 rings (SSSR count). The number of nitro benzene ring substituents is 1. The molecule has 1 atom stereocenters. The number of nitrogens with zero attached hydrogens (tertiary/aromatic N) is 3. The monoisotopic (exact) mass is 341 g/mol. The molecule has 1 N–H and O–H groups in total. The van der Waals surface area contributed by atoms with Gasteiger partial charge in [0.05, 0.1) is 17.0 Å². The minimum absolute atomic E-state index is 0.0674. The van der Waals surface area contributed by atoms with Crippen molar-refractivity contribution < 1.29 is 19.6 Å². The number of pyridine rings is 1. The van der Waals surface area contributed by atoms with Crippen molar-refractivity contribution in [3.05, 3.63) is 64.0 Å². The van der Waals surface area contributed by atoms with Gasteiger partial charge in [0.25, 0.3) is 11.6 Å². The number of hydrogen-bond acceptors (Lipinski definition) is 6. The standard InChI is InChI=1S/C17H15N3O5/c1-2-19-14-7-6-11(20(24)25)9-12(14)17(23,16(19)22)10-15(21)13-5-3-4-8-18-13/h3-9,23H,2,10H2,1H3/t17-/m0/s1. The molecule has 0 spiro atoms. The van der Waals surface area contributed by atoms with Crippen molar-refractivity contribution in [3.8, 4) is 0 Å². The average Bonchev–Trinajstić information content (AvgIpc) is 2.82. The molecule has 0 saturated heterocycles. The fourth-order valence-electron chi connectivity index (χ4n) is 2.99. The van der Waals surface area contributed by atoms with E-state index in [0.717, 1.165) is 6.07 Å². The van der Waals surface area contributed by atoms with E-state index in [9.17, 15) is 24.8 Å². The predicted octanol–water partition coefficient (Wildman–Crippen LogP) is 1.82. The van der Waals surface area contributed by atoms with Crippen molar-refractivity contribution in [2.24, 2.45) is 0 Å². The third kappa shape index (κ3) is 2.66. The molecule has 0 radical (unpaired) electrons. The SMILES string of the molecule is CCN1C(=O)[C@](O)(CC(=O)c2ccccn2)c2cc([N+](=O)[O-])ccc21. The maximum absolute atomic E-state index is 12.7. The molecule has 25 heavy (non-hydrogen) atoms. The molecule has 8 heteroatoms. The summed E-state index contributed by atoms with van der Waals surface area (Å²) in [6.07, 6.45) is 0.901. The van der Waals surface area contributed by atoms with Gasteiger partial charge in [0, 0.05) is 30.4 Å². The van der Waals surface area contributed by atoms with E-state index in [-0.39, 0.29) is 23.5 Å². The van der Waals surface area contributed by atoms with Gasteiger partial charge in [0.2, 0.25) is 0 Å². The topological polar surface area (TPSA) is 114 Å². The zero-order valence-corrected chi connectivity index (χ0v) is 13.4. The van der Waals surface area contributed by atoms with Crippen LogP contribution >= 0.6 is 0 Å². The van der Waals surface area contributed by atoms with Gasteiger partial charge in [-0.3, -0.25) is 24.7 Å². The highest BCUT2D eigenvalue weighted by molar-refractivity contribution is 6.10.